The number of amidine groups is 1. The molecule has 0 aliphatic carbocycles. The van der Waals surface area contributed by atoms with Crippen molar-refractivity contribution in [1.82, 2.24) is 9.80 Å². The summed E-state index contributed by atoms with van der Waals surface area (Å²) < 4.78 is 40.9. The molecule has 8 heteroatoms. The molecule has 1 amide bonds. The van der Waals surface area contributed by atoms with Crippen LogP contribution in [-0.2, 0) is 21.4 Å². The van der Waals surface area contributed by atoms with Gasteiger partial charge in [0.25, 0.3) is 15.9 Å². The second-order valence-corrected chi connectivity index (χ2v) is 7.32. The molecule has 0 saturated carbocycles. The number of likely N-dealkylation sites (N-methyl/N-ethyl adjacent to an activating group) is 1. The van der Waals surface area contributed by atoms with Gasteiger partial charge in [-0.05, 0) is 18.2 Å². The summed E-state index contributed by atoms with van der Waals surface area (Å²) in [4.78, 5) is 15.6. The Labute approximate surface area is 139 Å². The van der Waals surface area contributed by atoms with E-state index in [1.165, 1.54) is 24.1 Å². The van der Waals surface area contributed by atoms with Crippen molar-refractivity contribution in [1.29, 1.82) is 0 Å². The minimum Gasteiger partial charge on any atom is -0.337 e. The number of carbonyl (C=O) groups is 1. The molecule has 1 aromatic carbocycles. The van der Waals surface area contributed by atoms with Gasteiger partial charge < -0.3 is 9.80 Å². The summed E-state index contributed by atoms with van der Waals surface area (Å²) in [6.07, 6.45) is 4.87. The number of allylic oxidation sites excluding steroid dienone is 2. The second-order valence-electron chi connectivity index (χ2n) is 5.57. The second kappa shape index (κ2) is 6.20. The molecular weight excluding hydrogens is 333 g/mol. The molecule has 0 N–H and O–H groups in total. The van der Waals surface area contributed by atoms with E-state index in [4.69, 9.17) is 0 Å². The Morgan fingerprint density at radius 3 is 2.88 bits per heavy atom. The number of nitrogens with zero attached hydrogens (tertiary/aromatic N) is 3. The number of amides is 1. The van der Waals surface area contributed by atoms with E-state index in [1.807, 2.05) is 0 Å². The van der Waals surface area contributed by atoms with Crippen LogP contribution in [0.3, 0.4) is 0 Å². The number of halogens is 1. The standard InChI is InChI=1S/C16H16FN3O3S/c1-19(11-12-5-2-3-7-14(12)17)16(21)13-6-4-8-20-9-10-24(22,23)18-15(13)20/h2-8H,9-11H2,1H3. The van der Waals surface area contributed by atoms with Gasteiger partial charge in [0.15, 0.2) is 5.84 Å². The largest absolute Gasteiger partial charge is 0.337 e. The lowest BCUT2D eigenvalue weighted by atomic mass is 10.1. The van der Waals surface area contributed by atoms with Gasteiger partial charge in [0.05, 0.1) is 11.3 Å². The molecule has 0 radical (unpaired) electrons. The Morgan fingerprint density at radius 2 is 2.12 bits per heavy atom. The van der Waals surface area contributed by atoms with Crippen LogP contribution in [0, 0.1) is 5.82 Å². The van der Waals surface area contributed by atoms with Crippen LogP contribution < -0.4 is 0 Å². The van der Waals surface area contributed by atoms with Gasteiger partial charge >= 0.3 is 0 Å². The summed E-state index contributed by atoms with van der Waals surface area (Å²) in [6.45, 7) is 0.325. The molecule has 0 bridgehead atoms. The lowest BCUT2D eigenvalue weighted by Crippen LogP contribution is -2.42. The van der Waals surface area contributed by atoms with Gasteiger partial charge in [-0.3, -0.25) is 4.79 Å². The number of benzene rings is 1. The molecule has 0 saturated heterocycles. The van der Waals surface area contributed by atoms with Gasteiger partial charge in [-0.1, -0.05) is 18.2 Å². The van der Waals surface area contributed by atoms with Crippen LogP contribution in [-0.4, -0.2) is 49.3 Å². The highest BCUT2D eigenvalue weighted by atomic mass is 32.2. The maximum atomic E-state index is 13.8. The summed E-state index contributed by atoms with van der Waals surface area (Å²) in [6, 6.07) is 6.20. The Balaban J connectivity index is 1.86. The van der Waals surface area contributed by atoms with Gasteiger partial charge in [0.2, 0.25) is 0 Å². The van der Waals surface area contributed by atoms with E-state index >= 15 is 0 Å². The van der Waals surface area contributed by atoms with Crippen molar-refractivity contribution in [3.05, 3.63) is 59.6 Å². The normalized spacial score (nSPS) is 18.5. The SMILES string of the molecule is CN(Cc1ccccc1F)C(=O)C1=CC=CN2CCS(=O)(=O)N=C12. The van der Waals surface area contributed by atoms with Crippen LogP contribution in [0.25, 0.3) is 0 Å². The average molecular weight is 349 g/mol. The number of carbonyl (C=O) groups excluding carboxylic acids is 1. The molecule has 3 rings (SSSR count). The summed E-state index contributed by atoms with van der Waals surface area (Å²) in [5.74, 6) is -0.778. The first-order valence-electron chi connectivity index (χ1n) is 7.34. The molecule has 0 atom stereocenters. The van der Waals surface area contributed by atoms with Crippen molar-refractivity contribution in [2.24, 2.45) is 4.40 Å². The lowest BCUT2D eigenvalue weighted by molar-refractivity contribution is -0.125. The topological polar surface area (TPSA) is 70.1 Å². The van der Waals surface area contributed by atoms with Crippen LogP contribution in [0.5, 0.6) is 0 Å². The summed E-state index contributed by atoms with van der Waals surface area (Å²) in [7, 11) is -2.03. The van der Waals surface area contributed by atoms with Crippen LogP contribution in [0.15, 0.2) is 52.6 Å². The minimum absolute atomic E-state index is 0.0760. The molecule has 126 valence electrons. The molecule has 2 aliphatic heterocycles. The number of hydrogen-bond donors (Lipinski definition) is 0. The van der Waals surface area contributed by atoms with Gasteiger partial charge in [-0.2, -0.15) is 0 Å². The van der Waals surface area contributed by atoms with E-state index in [0.717, 1.165) is 0 Å². The number of hydrogen-bond acceptors (Lipinski definition) is 4. The van der Waals surface area contributed by atoms with Gasteiger partial charge in [0.1, 0.15) is 5.82 Å². The third-order valence-corrected chi connectivity index (χ3v) is 4.95. The molecule has 0 aromatic heterocycles. The van der Waals surface area contributed by atoms with E-state index in [2.05, 4.69) is 4.40 Å². The van der Waals surface area contributed by atoms with Crippen molar-refractivity contribution in [2.75, 3.05) is 19.3 Å². The third kappa shape index (κ3) is 3.23. The van der Waals surface area contributed by atoms with E-state index in [9.17, 15) is 17.6 Å². The highest BCUT2D eigenvalue weighted by molar-refractivity contribution is 7.90. The predicted octanol–water partition coefficient (Wildman–Crippen LogP) is 1.28. The van der Waals surface area contributed by atoms with Gasteiger partial charge in [0, 0.05) is 31.9 Å². The molecular formula is C16H16FN3O3S. The Kier molecular flexibility index (Phi) is 4.23. The summed E-state index contributed by atoms with van der Waals surface area (Å²) in [5.41, 5.74) is 0.565. The molecule has 0 unspecified atom stereocenters. The Hall–Kier alpha value is -2.48. The van der Waals surface area contributed by atoms with Gasteiger partial charge in [-0.15, -0.1) is 4.40 Å². The minimum atomic E-state index is -3.57. The van der Waals surface area contributed by atoms with Crippen molar-refractivity contribution in [3.8, 4) is 0 Å². The van der Waals surface area contributed by atoms with Crippen LogP contribution >= 0.6 is 0 Å². The fourth-order valence-corrected chi connectivity index (χ4v) is 3.53. The number of rotatable bonds is 3. The monoisotopic (exact) mass is 349 g/mol. The third-order valence-electron chi connectivity index (χ3n) is 3.80. The lowest BCUT2D eigenvalue weighted by Gasteiger charge is -2.30. The van der Waals surface area contributed by atoms with E-state index in [-0.39, 0.29) is 30.3 Å². The fraction of sp³-hybridized carbons (Fsp3) is 0.250. The van der Waals surface area contributed by atoms with Crippen LogP contribution in [0.4, 0.5) is 4.39 Å². The predicted molar refractivity (Wildman–Crippen MR) is 88.0 cm³/mol. The molecule has 24 heavy (non-hydrogen) atoms. The molecule has 1 aromatic rings. The van der Waals surface area contributed by atoms with Crippen molar-refractivity contribution in [3.63, 3.8) is 0 Å². The fourth-order valence-electron chi connectivity index (χ4n) is 2.54. The van der Waals surface area contributed by atoms with Gasteiger partial charge in [-0.25, -0.2) is 12.8 Å². The van der Waals surface area contributed by atoms with Crippen LogP contribution in [0.2, 0.25) is 0 Å². The van der Waals surface area contributed by atoms with Crippen molar-refractivity contribution >= 4 is 21.8 Å². The van der Waals surface area contributed by atoms with Crippen molar-refractivity contribution in [2.45, 2.75) is 6.54 Å². The Bertz CT molecular complexity index is 874. The van der Waals surface area contributed by atoms with E-state index in [1.54, 1.807) is 35.4 Å². The molecule has 2 heterocycles. The first-order chi connectivity index (χ1) is 11.4. The number of fused-ring (bicyclic) bond motifs is 1. The smallest absolute Gasteiger partial charge is 0.257 e. The van der Waals surface area contributed by atoms with E-state index < -0.39 is 21.7 Å². The quantitative estimate of drug-likeness (QED) is 0.824. The highest BCUT2D eigenvalue weighted by Crippen LogP contribution is 2.20. The van der Waals surface area contributed by atoms with E-state index in [0.29, 0.717) is 5.56 Å². The maximum Gasteiger partial charge on any atom is 0.257 e. The van der Waals surface area contributed by atoms with Crippen LogP contribution in [0.1, 0.15) is 5.56 Å². The number of sulfonamides is 1. The highest BCUT2D eigenvalue weighted by Gasteiger charge is 2.31. The molecule has 2 aliphatic rings. The first-order valence-corrected chi connectivity index (χ1v) is 8.95. The maximum absolute atomic E-state index is 13.8. The summed E-state index contributed by atoms with van der Waals surface area (Å²) in [5, 5.41) is 0. The van der Waals surface area contributed by atoms with Crippen molar-refractivity contribution < 1.29 is 17.6 Å². The zero-order valence-corrected chi connectivity index (χ0v) is 13.8. The Morgan fingerprint density at radius 1 is 1.38 bits per heavy atom. The average Bonchev–Trinajstić information content (AvgIpc) is 2.55. The first kappa shape index (κ1) is 16.4. The summed E-state index contributed by atoms with van der Waals surface area (Å²) >= 11 is 0. The molecule has 0 spiro atoms. The zero-order chi connectivity index (χ0) is 17.3. The molecule has 6 nitrogen and oxygen atoms in total. The zero-order valence-electron chi connectivity index (χ0n) is 13.0. The molecule has 0 fully saturated rings.